The monoisotopic (exact) mass is 484 g/mol. The Morgan fingerprint density at radius 3 is 2.14 bits per heavy atom. The molecule has 0 aromatic heterocycles. The molecule has 1 atom stereocenters. The lowest BCUT2D eigenvalue weighted by atomic mass is 10.0. The minimum absolute atomic E-state index is 0.00305. The van der Waals surface area contributed by atoms with E-state index in [0.29, 0.717) is 38.3 Å². The molecule has 0 radical (unpaired) electrons. The van der Waals surface area contributed by atoms with E-state index in [1.807, 2.05) is 55.5 Å². The quantitative estimate of drug-likeness (QED) is 0.348. The lowest BCUT2D eigenvalue weighted by Crippen LogP contribution is -2.51. The van der Waals surface area contributed by atoms with Crippen molar-refractivity contribution in [2.75, 3.05) is 6.54 Å². The first-order valence-electron chi connectivity index (χ1n) is 13.1. The average molecular weight is 485 g/mol. The lowest BCUT2D eigenvalue weighted by molar-refractivity contribution is -0.141. The van der Waals surface area contributed by atoms with Crippen LogP contribution < -0.4 is 5.32 Å². The summed E-state index contributed by atoms with van der Waals surface area (Å²) in [7, 11) is 0. The van der Waals surface area contributed by atoms with Crippen LogP contribution in [-0.4, -0.2) is 29.3 Å². The highest BCUT2D eigenvalue weighted by atomic mass is 16.2. The van der Waals surface area contributed by atoms with Gasteiger partial charge < -0.3 is 10.2 Å². The van der Waals surface area contributed by atoms with E-state index in [9.17, 15) is 9.59 Å². The topological polar surface area (TPSA) is 49.4 Å². The maximum absolute atomic E-state index is 13.7. The van der Waals surface area contributed by atoms with Crippen molar-refractivity contribution in [1.29, 1.82) is 0 Å². The van der Waals surface area contributed by atoms with Crippen LogP contribution in [0.2, 0.25) is 0 Å². The van der Waals surface area contributed by atoms with Crippen molar-refractivity contribution >= 4 is 11.8 Å². The fourth-order valence-electron chi connectivity index (χ4n) is 4.32. The van der Waals surface area contributed by atoms with Gasteiger partial charge in [0.1, 0.15) is 6.04 Å². The van der Waals surface area contributed by atoms with Gasteiger partial charge in [-0.05, 0) is 47.9 Å². The summed E-state index contributed by atoms with van der Waals surface area (Å²) in [5, 5.41) is 3.09. The summed E-state index contributed by atoms with van der Waals surface area (Å²) >= 11 is 0. The van der Waals surface area contributed by atoms with Gasteiger partial charge in [0.25, 0.3) is 0 Å². The van der Waals surface area contributed by atoms with Crippen LogP contribution in [-0.2, 0) is 35.4 Å². The summed E-state index contributed by atoms with van der Waals surface area (Å²) in [6.07, 6.45) is 2.49. The van der Waals surface area contributed by atoms with Crippen LogP contribution in [0.4, 0.5) is 0 Å². The van der Waals surface area contributed by atoms with E-state index < -0.39 is 6.04 Å². The molecule has 4 nitrogen and oxygen atoms in total. The lowest BCUT2D eigenvalue weighted by Gasteiger charge is -2.32. The number of carbonyl (C=O) groups is 2. The van der Waals surface area contributed by atoms with Crippen molar-refractivity contribution in [2.24, 2.45) is 5.92 Å². The number of rotatable bonds is 12. The third-order valence-corrected chi connectivity index (χ3v) is 6.45. The number of nitrogens with zero attached hydrogens (tertiary/aromatic N) is 1. The summed E-state index contributed by atoms with van der Waals surface area (Å²) in [6.45, 7) is 9.32. The molecule has 0 heterocycles. The van der Waals surface area contributed by atoms with Gasteiger partial charge in [-0.15, -0.1) is 0 Å². The Morgan fingerprint density at radius 1 is 0.833 bits per heavy atom. The fourth-order valence-corrected chi connectivity index (χ4v) is 4.32. The molecule has 0 aliphatic heterocycles. The van der Waals surface area contributed by atoms with Gasteiger partial charge in [0, 0.05) is 25.9 Å². The molecule has 3 aromatic carbocycles. The van der Waals surface area contributed by atoms with Crippen LogP contribution in [0.5, 0.6) is 0 Å². The minimum Gasteiger partial charge on any atom is -0.354 e. The van der Waals surface area contributed by atoms with Gasteiger partial charge in [0.15, 0.2) is 0 Å². The molecule has 0 aliphatic rings. The predicted molar refractivity (Wildman–Crippen MR) is 148 cm³/mol. The molecule has 190 valence electrons. The highest BCUT2D eigenvalue weighted by Gasteiger charge is 2.30. The summed E-state index contributed by atoms with van der Waals surface area (Å²) in [6, 6.07) is 26.0. The molecule has 4 heteroatoms. The first-order valence-corrected chi connectivity index (χ1v) is 13.1. The van der Waals surface area contributed by atoms with Crippen LogP contribution in [0.25, 0.3) is 0 Å². The van der Waals surface area contributed by atoms with Crippen LogP contribution in [0, 0.1) is 12.8 Å². The first kappa shape index (κ1) is 27.2. The van der Waals surface area contributed by atoms with Crippen LogP contribution >= 0.6 is 0 Å². The Morgan fingerprint density at radius 2 is 1.50 bits per heavy atom. The van der Waals surface area contributed by atoms with Crippen molar-refractivity contribution in [3.63, 3.8) is 0 Å². The zero-order chi connectivity index (χ0) is 25.9. The van der Waals surface area contributed by atoms with Crippen LogP contribution in [0.1, 0.15) is 55.0 Å². The summed E-state index contributed by atoms with van der Waals surface area (Å²) < 4.78 is 0. The molecule has 0 spiro atoms. The molecular formula is C32H40N2O2. The number of hydrogen-bond acceptors (Lipinski definition) is 2. The number of amides is 2. The molecule has 0 unspecified atom stereocenters. The highest BCUT2D eigenvalue weighted by molar-refractivity contribution is 5.88. The van der Waals surface area contributed by atoms with Crippen LogP contribution in [0.3, 0.4) is 0 Å². The van der Waals surface area contributed by atoms with E-state index in [4.69, 9.17) is 0 Å². The maximum Gasteiger partial charge on any atom is 0.243 e. The average Bonchev–Trinajstić information content (AvgIpc) is 2.88. The van der Waals surface area contributed by atoms with Gasteiger partial charge in [-0.25, -0.2) is 0 Å². The number of nitrogens with one attached hydrogen (secondary N) is 1. The van der Waals surface area contributed by atoms with E-state index >= 15 is 0 Å². The number of aryl methyl sites for hydroxylation is 3. The van der Waals surface area contributed by atoms with Gasteiger partial charge >= 0.3 is 0 Å². The summed E-state index contributed by atoms with van der Waals surface area (Å²) in [5.41, 5.74) is 5.64. The zero-order valence-electron chi connectivity index (χ0n) is 22.2. The van der Waals surface area contributed by atoms with E-state index in [1.165, 1.54) is 5.56 Å². The molecular weight excluding hydrogens is 444 g/mol. The van der Waals surface area contributed by atoms with Crippen molar-refractivity contribution in [1.82, 2.24) is 10.2 Å². The second-order valence-corrected chi connectivity index (χ2v) is 10.0. The summed E-state index contributed by atoms with van der Waals surface area (Å²) in [4.78, 5) is 29.0. The second kappa shape index (κ2) is 13.6. The molecule has 3 aromatic rings. The molecule has 0 fully saturated rings. The smallest absolute Gasteiger partial charge is 0.243 e. The Balaban J connectivity index is 1.88. The molecule has 1 N–H and O–H groups in total. The Kier molecular flexibility index (Phi) is 10.3. The van der Waals surface area contributed by atoms with Gasteiger partial charge in [-0.3, -0.25) is 9.59 Å². The third kappa shape index (κ3) is 8.37. The number of hydrogen-bond donors (Lipinski definition) is 1. The van der Waals surface area contributed by atoms with E-state index in [2.05, 4.69) is 56.4 Å². The van der Waals surface area contributed by atoms with Gasteiger partial charge in [0.05, 0.1) is 0 Å². The Bertz CT molecular complexity index is 1110. The first-order chi connectivity index (χ1) is 17.4. The Hall–Kier alpha value is -3.40. The number of benzene rings is 3. The van der Waals surface area contributed by atoms with Crippen molar-refractivity contribution in [3.05, 3.63) is 107 Å². The molecule has 36 heavy (non-hydrogen) atoms. The SMILES string of the molecule is CCc1ccc(CCC(=O)N(Cc2cccc(C)c2)[C@H](Cc2ccccc2)C(=O)NCC(C)C)cc1. The van der Waals surface area contributed by atoms with Crippen molar-refractivity contribution in [2.45, 2.75) is 66.0 Å². The predicted octanol–water partition coefficient (Wildman–Crippen LogP) is 5.90. The van der Waals surface area contributed by atoms with Gasteiger partial charge in [0.2, 0.25) is 11.8 Å². The zero-order valence-corrected chi connectivity index (χ0v) is 22.2. The van der Waals surface area contributed by atoms with E-state index in [0.717, 1.165) is 28.7 Å². The Labute approximate surface area is 216 Å². The summed E-state index contributed by atoms with van der Waals surface area (Å²) in [5.74, 6) is 0.232. The third-order valence-electron chi connectivity index (χ3n) is 6.45. The second-order valence-electron chi connectivity index (χ2n) is 10.0. The normalized spacial score (nSPS) is 11.8. The number of carbonyl (C=O) groups excluding carboxylic acids is 2. The standard InChI is InChI=1S/C32H40N2O2/c1-5-26-14-16-27(17-15-26)18-19-31(35)34(23-29-13-9-10-25(4)20-29)30(32(36)33-22-24(2)3)21-28-11-7-6-8-12-28/h6-17,20,24,30H,5,18-19,21-23H2,1-4H3,(H,33,36)/t30-/m1/s1. The van der Waals surface area contributed by atoms with Crippen molar-refractivity contribution in [3.8, 4) is 0 Å². The van der Waals surface area contributed by atoms with E-state index in [1.54, 1.807) is 4.90 Å². The molecule has 0 bridgehead atoms. The van der Waals surface area contributed by atoms with Crippen LogP contribution in [0.15, 0.2) is 78.9 Å². The molecule has 2 amide bonds. The van der Waals surface area contributed by atoms with E-state index in [-0.39, 0.29) is 11.8 Å². The minimum atomic E-state index is -0.582. The maximum atomic E-state index is 13.7. The fraction of sp³-hybridized carbons (Fsp3) is 0.375. The van der Waals surface area contributed by atoms with Crippen molar-refractivity contribution < 1.29 is 9.59 Å². The molecule has 0 saturated carbocycles. The largest absolute Gasteiger partial charge is 0.354 e. The highest BCUT2D eigenvalue weighted by Crippen LogP contribution is 2.18. The molecule has 0 saturated heterocycles. The molecule has 0 aliphatic carbocycles. The van der Waals surface area contributed by atoms with Gasteiger partial charge in [-0.1, -0.05) is 105 Å². The van der Waals surface area contributed by atoms with Gasteiger partial charge in [-0.2, -0.15) is 0 Å². The molecule has 3 rings (SSSR count).